The molecule has 5 nitrogen and oxygen atoms in total. The Morgan fingerprint density at radius 2 is 2.24 bits per heavy atom. The van der Waals surface area contributed by atoms with Crippen LogP contribution in [0.2, 0.25) is 0 Å². The van der Waals surface area contributed by atoms with Crippen molar-refractivity contribution in [1.29, 1.82) is 0 Å². The van der Waals surface area contributed by atoms with Crippen LogP contribution in [0.1, 0.15) is 32.6 Å². The highest BCUT2D eigenvalue weighted by Gasteiger charge is 2.28. The molecule has 1 rings (SSSR count). The van der Waals surface area contributed by atoms with Gasteiger partial charge < -0.3 is 15.7 Å². The van der Waals surface area contributed by atoms with Gasteiger partial charge in [-0.15, -0.1) is 0 Å². The summed E-state index contributed by atoms with van der Waals surface area (Å²) in [6.45, 7) is 3.57. The molecular formula is C12H22N2O3. The Morgan fingerprint density at radius 1 is 1.53 bits per heavy atom. The number of carbonyl (C=O) groups is 2. The molecule has 98 valence electrons. The maximum Gasteiger partial charge on any atom is 0.308 e. The van der Waals surface area contributed by atoms with E-state index >= 15 is 0 Å². The van der Waals surface area contributed by atoms with Gasteiger partial charge in [0, 0.05) is 19.5 Å². The molecule has 1 aliphatic heterocycles. The number of carboxylic acid groups (broad SMARTS) is 1. The Labute approximate surface area is 102 Å². The van der Waals surface area contributed by atoms with E-state index < -0.39 is 11.9 Å². The molecule has 5 heteroatoms. The van der Waals surface area contributed by atoms with Crippen LogP contribution in [0.3, 0.4) is 0 Å². The van der Waals surface area contributed by atoms with Crippen molar-refractivity contribution in [2.75, 3.05) is 19.6 Å². The molecule has 1 heterocycles. The molecule has 0 spiro atoms. The first-order valence-corrected chi connectivity index (χ1v) is 6.29. The molecule has 0 radical (unpaired) electrons. The van der Waals surface area contributed by atoms with E-state index in [0.717, 1.165) is 12.8 Å². The van der Waals surface area contributed by atoms with Crippen LogP contribution in [0.15, 0.2) is 0 Å². The minimum atomic E-state index is -0.798. The quantitative estimate of drug-likeness (QED) is 0.742. The van der Waals surface area contributed by atoms with Gasteiger partial charge in [-0.25, -0.2) is 0 Å². The molecular weight excluding hydrogens is 220 g/mol. The summed E-state index contributed by atoms with van der Waals surface area (Å²) in [5.74, 6) is -0.931. The fraction of sp³-hybridized carbons (Fsp3) is 0.833. The number of aliphatic carboxylic acids is 1. The topological polar surface area (TPSA) is 83.6 Å². The van der Waals surface area contributed by atoms with Gasteiger partial charge in [0.25, 0.3) is 0 Å². The molecule has 3 N–H and O–H groups in total. The molecule has 17 heavy (non-hydrogen) atoms. The Bertz CT molecular complexity index is 277. The zero-order valence-electron chi connectivity index (χ0n) is 10.4. The standard InChI is InChI=1S/C12H22N2O3/c1-2-9(7-13)6-11(15)14-5-3-4-10(8-14)12(16)17/h9-10H,2-8,13H2,1H3,(H,16,17). The monoisotopic (exact) mass is 242 g/mol. The van der Waals surface area contributed by atoms with E-state index in [2.05, 4.69) is 0 Å². The van der Waals surface area contributed by atoms with Gasteiger partial charge in [0.15, 0.2) is 0 Å². The fourth-order valence-electron chi connectivity index (χ4n) is 2.18. The zero-order chi connectivity index (χ0) is 12.8. The average Bonchev–Trinajstić information content (AvgIpc) is 2.35. The van der Waals surface area contributed by atoms with Gasteiger partial charge >= 0.3 is 5.97 Å². The second-order valence-corrected chi connectivity index (χ2v) is 4.73. The van der Waals surface area contributed by atoms with Crippen molar-refractivity contribution in [1.82, 2.24) is 4.90 Å². The highest BCUT2D eigenvalue weighted by molar-refractivity contribution is 5.78. The number of carbonyl (C=O) groups excluding carboxylic acids is 1. The van der Waals surface area contributed by atoms with E-state index in [1.165, 1.54) is 0 Å². The van der Waals surface area contributed by atoms with Crippen molar-refractivity contribution in [2.45, 2.75) is 32.6 Å². The van der Waals surface area contributed by atoms with Crippen LogP contribution in [-0.4, -0.2) is 41.5 Å². The lowest BCUT2D eigenvalue weighted by atomic mass is 9.96. The molecule has 2 unspecified atom stereocenters. The Kier molecular flexibility index (Phi) is 5.41. The summed E-state index contributed by atoms with van der Waals surface area (Å²) in [6.07, 6.45) is 2.78. The van der Waals surface area contributed by atoms with Crippen molar-refractivity contribution in [2.24, 2.45) is 17.6 Å². The van der Waals surface area contributed by atoms with E-state index in [4.69, 9.17) is 10.8 Å². The van der Waals surface area contributed by atoms with Crippen LogP contribution in [0.5, 0.6) is 0 Å². The van der Waals surface area contributed by atoms with E-state index in [0.29, 0.717) is 32.5 Å². The predicted molar refractivity (Wildman–Crippen MR) is 64.4 cm³/mol. The molecule has 0 bridgehead atoms. The summed E-state index contributed by atoms with van der Waals surface area (Å²) in [5, 5.41) is 8.95. The number of hydrogen-bond acceptors (Lipinski definition) is 3. The highest BCUT2D eigenvalue weighted by atomic mass is 16.4. The molecule has 0 aliphatic carbocycles. The van der Waals surface area contributed by atoms with E-state index in [1.54, 1.807) is 4.90 Å². The summed E-state index contributed by atoms with van der Waals surface area (Å²) in [5.41, 5.74) is 5.57. The Hall–Kier alpha value is -1.10. The van der Waals surface area contributed by atoms with Crippen molar-refractivity contribution in [3.05, 3.63) is 0 Å². The molecule has 1 aliphatic rings. The largest absolute Gasteiger partial charge is 0.481 e. The van der Waals surface area contributed by atoms with Crippen molar-refractivity contribution in [3.63, 3.8) is 0 Å². The second-order valence-electron chi connectivity index (χ2n) is 4.73. The van der Waals surface area contributed by atoms with E-state index in [1.807, 2.05) is 6.92 Å². The molecule has 1 amide bonds. The van der Waals surface area contributed by atoms with Crippen LogP contribution < -0.4 is 5.73 Å². The van der Waals surface area contributed by atoms with E-state index in [-0.39, 0.29) is 11.8 Å². The average molecular weight is 242 g/mol. The maximum absolute atomic E-state index is 12.0. The molecule has 1 saturated heterocycles. The van der Waals surface area contributed by atoms with Gasteiger partial charge in [-0.1, -0.05) is 13.3 Å². The van der Waals surface area contributed by atoms with Crippen LogP contribution in [0, 0.1) is 11.8 Å². The van der Waals surface area contributed by atoms with Crippen molar-refractivity contribution in [3.8, 4) is 0 Å². The number of amides is 1. The number of nitrogens with zero attached hydrogens (tertiary/aromatic N) is 1. The molecule has 0 saturated carbocycles. The number of piperidine rings is 1. The molecule has 1 fully saturated rings. The smallest absolute Gasteiger partial charge is 0.308 e. The summed E-state index contributed by atoms with van der Waals surface area (Å²) >= 11 is 0. The third-order valence-corrected chi connectivity index (χ3v) is 3.50. The fourth-order valence-corrected chi connectivity index (χ4v) is 2.18. The number of hydrogen-bond donors (Lipinski definition) is 2. The summed E-state index contributed by atoms with van der Waals surface area (Å²) in [4.78, 5) is 24.6. The minimum Gasteiger partial charge on any atom is -0.481 e. The zero-order valence-corrected chi connectivity index (χ0v) is 10.4. The molecule has 0 aromatic heterocycles. The van der Waals surface area contributed by atoms with E-state index in [9.17, 15) is 9.59 Å². The highest BCUT2D eigenvalue weighted by Crippen LogP contribution is 2.19. The lowest BCUT2D eigenvalue weighted by Crippen LogP contribution is -2.43. The van der Waals surface area contributed by atoms with Crippen LogP contribution >= 0.6 is 0 Å². The third-order valence-electron chi connectivity index (χ3n) is 3.50. The van der Waals surface area contributed by atoms with Crippen LogP contribution in [-0.2, 0) is 9.59 Å². The summed E-state index contributed by atoms with van der Waals surface area (Å²) in [7, 11) is 0. The normalized spacial score (nSPS) is 22.2. The van der Waals surface area contributed by atoms with Crippen LogP contribution in [0.25, 0.3) is 0 Å². The first kappa shape index (κ1) is 14.0. The first-order valence-electron chi connectivity index (χ1n) is 6.29. The molecule has 0 aromatic rings. The maximum atomic E-state index is 12.0. The number of carboxylic acids is 1. The molecule has 0 aromatic carbocycles. The van der Waals surface area contributed by atoms with Gasteiger partial charge in [-0.2, -0.15) is 0 Å². The minimum absolute atomic E-state index is 0.0493. The summed E-state index contributed by atoms with van der Waals surface area (Å²) in [6, 6.07) is 0. The Morgan fingerprint density at radius 3 is 2.76 bits per heavy atom. The third kappa shape index (κ3) is 4.00. The van der Waals surface area contributed by atoms with Gasteiger partial charge in [0.1, 0.15) is 0 Å². The number of nitrogens with two attached hydrogens (primary N) is 1. The van der Waals surface area contributed by atoms with Gasteiger partial charge in [-0.05, 0) is 25.3 Å². The predicted octanol–water partition coefficient (Wildman–Crippen LogP) is 0.685. The van der Waals surface area contributed by atoms with Crippen LogP contribution in [0.4, 0.5) is 0 Å². The van der Waals surface area contributed by atoms with Gasteiger partial charge in [0.05, 0.1) is 5.92 Å². The lowest BCUT2D eigenvalue weighted by Gasteiger charge is -2.31. The number of likely N-dealkylation sites (tertiary alicyclic amines) is 1. The molecule has 2 atom stereocenters. The Balaban J connectivity index is 2.48. The summed E-state index contributed by atoms with van der Waals surface area (Å²) < 4.78 is 0. The lowest BCUT2D eigenvalue weighted by molar-refractivity contribution is -0.145. The van der Waals surface area contributed by atoms with Gasteiger partial charge in [-0.3, -0.25) is 9.59 Å². The second kappa shape index (κ2) is 6.59. The SMILES string of the molecule is CCC(CN)CC(=O)N1CCCC(C(=O)O)C1. The first-order chi connectivity index (χ1) is 8.08. The number of rotatable bonds is 5. The van der Waals surface area contributed by atoms with Crippen molar-refractivity contribution >= 4 is 11.9 Å². The van der Waals surface area contributed by atoms with Gasteiger partial charge in [0.2, 0.25) is 5.91 Å². The van der Waals surface area contributed by atoms with Crippen molar-refractivity contribution < 1.29 is 14.7 Å².